The first kappa shape index (κ1) is 16.1. The number of ether oxygens (including phenoxy) is 1. The Morgan fingerprint density at radius 1 is 1.33 bits per heavy atom. The number of hydrogen-bond acceptors (Lipinski definition) is 3. The molecule has 1 fully saturated rings. The molecule has 0 spiro atoms. The Morgan fingerprint density at radius 2 is 2.19 bits per heavy atom. The van der Waals surface area contributed by atoms with E-state index in [9.17, 15) is 4.79 Å². The fourth-order valence-electron chi connectivity index (χ4n) is 3.07. The summed E-state index contributed by atoms with van der Waals surface area (Å²) in [6, 6.07) is 8.14. The smallest absolute Gasteiger partial charge is 0.224 e. The van der Waals surface area contributed by atoms with Crippen LogP contribution in [-0.4, -0.2) is 32.1 Å². The number of carbonyl (C=O) groups excluding carboxylic acids is 1. The quantitative estimate of drug-likeness (QED) is 0.899. The molecule has 3 rings (SSSR count). The molecule has 21 heavy (non-hydrogen) atoms. The van der Waals surface area contributed by atoms with Crippen LogP contribution in [0.15, 0.2) is 24.3 Å². The summed E-state index contributed by atoms with van der Waals surface area (Å²) >= 11 is 0. The maximum atomic E-state index is 12.2. The van der Waals surface area contributed by atoms with Crippen LogP contribution in [0.2, 0.25) is 0 Å². The van der Waals surface area contributed by atoms with Crippen molar-refractivity contribution in [3.05, 3.63) is 29.8 Å². The predicted molar refractivity (Wildman–Crippen MR) is 85.1 cm³/mol. The summed E-state index contributed by atoms with van der Waals surface area (Å²) in [5.74, 6) is 1.68. The van der Waals surface area contributed by atoms with E-state index in [4.69, 9.17) is 4.74 Å². The lowest BCUT2D eigenvalue weighted by Gasteiger charge is -2.27. The monoisotopic (exact) mass is 310 g/mol. The van der Waals surface area contributed by atoms with Crippen LogP contribution >= 0.6 is 12.4 Å². The lowest BCUT2D eigenvalue weighted by Crippen LogP contribution is -2.42. The van der Waals surface area contributed by atoms with Crippen LogP contribution in [0, 0.1) is 5.92 Å². The minimum absolute atomic E-state index is 0. The zero-order valence-electron chi connectivity index (χ0n) is 12.1. The molecule has 116 valence electrons. The van der Waals surface area contributed by atoms with Gasteiger partial charge in [-0.2, -0.15) is 0 Å². The maximum Gasteiger partial charge on any atom is 0.224 e. The van der Waals surface area contributed by atoms with E-state index >= 15 is 0 Å². The first-order valence-electron chi connectivity index (χ1n) is 7.55. The summed E-state index contributed by atoms with van der Waals surface area (Å²) in [7, 11) is 0. The van der Waals surface area contributed by atoms with Crippen LogP contribution in [0.1, 0.15) is 30.7 Å². The van der Waals surface area contributed by atoms with Crippen molar-refractivity contribution in [3.8, 4) is 5.75 Å². The first-order valence-corrected chi connectivity index (χ1v) is 7.55. The summed E-state index contributed by atoms with van der Waals surface area (Å²) in [5.41, 5.74) is 1.22. The molecule has 0 aliphatic carbocycles. The van der Waals surface area contributed by atoms with Crippen molar-refractivity contribution >= 4 is 18.3 Å². The van der Waals surface area contributed by atoms with Crippen LogP contribution in [-0.2, 0) is 4.79 Å². The minimum Gasteiger partial charge on any atom is -0.493 e. The molecular weight excluding hydrogens is 288 g/mol. The average Bonchev–Trinajstić information content (AvgIpc) is 2.53. The summed E-state index contributed by atoms with van der Waals surface area (Å²) in [6.07, 6.45) is 3.07. The third-order valence-electron chi connectivity index (χ3n) is 4.27. The Bertz CT molecular complexity index is 475. The van der Waals surface area contributed by atoms with Crippen molar-refractivity contribution in [1.29, 1.82) is 0 Å². The van der Waals surface area contributed by atoms with Crippen molar-refractivity contribution in [2.75, 3.05) is 26.2 Å². The van der Waals surface area contributed by atoms with Crippen molar-refractivity contribution in [3.63, 3.8) is 0 Å². The third kappa shape index (κ3) is 3.89. The van der Waals surface area contributed by atoms with Crippen LogP contribution in [0.5, 0.6) is 5.75 Å². The van der Waals surface area contributed by atoms with Gasteiger partial charge in [0.05, 0.1) is 12.5 Å². The Hall–Kier alpha value is -1.26. The van der Waals surface area contributed by atoms with Gasteiger partial charge in [0.15, 0.2) is 0 Å². The van der Waals surface area contributed by atoms with Crippen molar-refractivity contribution in [1.82, 2.24) is 10.6 Å². The third-order valence-corrected chi connectivity index (χ3v) is 4.27. The molecule has 2 N–H and O–H groups in total. The van der Waals surface area contributed by atoms with E-state index in [1.54, 1.807) is 0 Å². The number of fused-ring (bicyclic) bond motifs is 1. The molecule has 2 atom stereocenters. The number of rotatable bonds is 3. The zero-order chi connectivity index (χ0) is 13.8. The van der Waals surface area contributed by atoms with E-state index < -0.39 is 0 Å². The van der Waals surface area contributed by atoms with E-state index in [-0.39, 0.29) is 24.2 Å². The molecule has 2 aliphatic heterocycles. The predicted octanol–water partition coefficient (Wildman–Crippen LogP) is 2.09. The van der Waals surface area contributed by atoms with Gasteiger partial charge >= 0.3 is 0 Å². The molecule has 2 unspecified atom stereocenters. The fraction of sp³-hybridized carbons (Fsp3) is 0.562. The van der Waals surface area contributed by atoms with Crippen LogP contribution in [0.4, 0.5) is 0 Å². The van der Waals surface area contributed by atoms with Crippen LogP contribution < -0.4 is 15.4 Å². The molecular formula is C16H23ClN2O2. The average molecular weight is 311 g/mol. The van der Waals surface area contributed by atoms with Gasteiger partial charge in [-0.25, -0.2) is 0 Å². The normalized spacial score (nSPS) is 24.2. The summed E-state index contributed by atoms with van der Waals surface area (Å²) < 4.78 is 5.65. The minimum atomic E-state index is 0. The van der Waals surface area contributed by atoms with Crippen molar-refractivity contribution in [2.45, 2.75) is 25.2 Å². The molecule has 4 nitrogen and oxygen atoms in total. The largest absolute Gasteiger partial charge is 0.493 e. The summed E-state index contributed by atoms with van der Waals surface area (Å²) in [4.78, 5) is 12.2. The number of amides is 1. The van der Waals surface area contributed by atoms with Crippen LogP contribution in [0.25, 0.3) is 0 Å². The second kappa shape index (κ2) is 7.66. The van der Waals surface area contributed by atoms with Gasteiger partial charge in [-0.1, -0.05) is 18.2 Å². The molecule has 1 amide bonds. The molecule has 0 saturated carbocycles. The molecule has 1 aromatic carbocycles. The molecule has 1 aromatic rings. The van der Waals surface area contributed by atoms with E-state index in [2.05, 4.69) is 16.7 Å². The highest BCUT2D eigenvalue weighted by molar-refractivity contribution is 5.85. The molecule has 2 aliphatic rings. The second-order valence-electron chi connectivity index (χ2n) is 5.66. The van der Waals surface area contributed by atoms with Gasteiger partial charge in [-0.15, -0.1) is 12.4 Å². The fourth-order valence-corrected chi connectivity index (χ4v) is 3.07. The molecule has 0 radical (unpaired) electrons. The number of piperidine rings is 1. The highest BCUT2D eigenvalue weighted by Gasteiger charge is 2.24. The van der Waals surface area contributed by atoms with Crippen molar-refractivity contribution < 1.29 is 9.53 Å². The Morgan fingerprint density at radius 3 is 3.00 bits per heavy atom. The number of hydrogen-bond donors (Lipinski definition) is 2. The molecule has 5 heteroatoms. The topological polar surface area (TPSA) is 50.4 Å². The number of halogens is 1. The number of nitrogens with one attached hydrogen (secondary N) is 2. The second-order valence-corrected chi connectivity index (χ2v) is 5.66. The Balaban J connectivity index is 0.00000161. The highest BCUT2D eigenvalue weighted by atomic mass is 35.5. The van der Waals surface area contributed by atoms with Gasteiger partial charge in [0.2, 0.25) is 5.91 Å². The Kier molecular flexibility index (Phi) is 5.88. The number of carbonyl (C=O) groups is 1. The van der Waals surface area contributed by atoms with E-state index in [1.165, 1.54) is 5.56 Å². The van der Waals surface area contributed by atoms with E-state index in [0.29, 0.717) is 5.92 Å². The molecule has 2 heterocycles. The lowest BCUT2D eigenvalue weighted by atomic mass is 9.92. The summed E-state index contributed by atoms with van der Waals surface area (Å²) in [6.45, 7) is 3.31. The highest BCUT2D eigenvalue weighted by Crippen LogP contribution is 2.32. The zero-order valence-corrected chi connectivity index (χ0v) is 13.0. The molecule has 0 aromatic heterocycles. The van der Waals surface area contributed by atoms with Gasteiger partial charge in [0, 0.05) is 19.0 Å². The Labute approximate surface area is 132 Å². The van der Waals surface area contributed by atoms with Gasteiger partial charge in [-0.3, -0.25) is 4.79 Å². The lowest BCUT2D eigenvalue weighted by molar-refractivity contribution is -0.125. The first-order chi connectivity index (χ1) is 9.84. The molecule has 0 bridgehead atoms. The summed E-state index contributed by atoms with van der Waals surface area (Å²) in [5, 5.41) is 6.42. The number of benzene rings is 1. The van der Waals surface area contributed by atoms with Crippen LogP contribution in [0.3, 0.4) is 0 Å². The number of para-hydroxylation sites is 1. The van der Waals surface area contributed by atoms with E-state index in [0.717, 1.165) is 51.3 Å². The van der Waals surface area contributed by atoms with Gasteiger partial charge in [0.1, 0.15) is 5.75 Å². The van der Waals surface area contributed by atoms with Gasteiger partial charge in [0.25, 0.3) is 0 Å². The molecule has 1 saturated heterocycles. The van der Waals surface area contributed by atoms with E-state index in [1.807, 2.05) is 18.2 Å². The maximum absolute atomic E-state index is 12.2. The standard InChI is InChI=1S/C16H22N2O2.ClH/c19-16(13-4-3-8-17-10-13)18-11-12-7-9-20-15-6-2-1-5-14(12)15;/h1-2,5-6,12-13,17H,3-4,7-11H2,(H,18,19);1H. The SMILES string of the molecule is Cl.O=C(NCC1CCOc2ccccc21)C1CCCNC1. The van der Waals surface area contributed by atoms with Gasteiger partial charge in [-0.05, 0) is 37.4 Å². The van der Waals surface area contributed by atoms with Gasteiger partial charge < -0.3 is 15.4 Å². The van der Waals surface area contributed by atoms with Crippen molar-refractivity contribution in [2.24, 2.45) is 5.92 Å².